The number of rotatable bonds is 11. The number of nitrogens with one attached hydrogen (secondary N) is 2. The Kier molecular flexibility index (Phi) is 10.7. The van der Waals surface area contributed by atoms with Crippen LogP contribution >= 0.6 is 0 Å². The van der Waals surface area contributed by atoms with Gasteiger partial charge in [0.25, 0.3) is 0 Å². The largest absolute Gasteiger partial charge is 0.466 e. The summed E-state index contributed by atoms with van der Waals surface area (Å²) in [4.78, 5) is 52.9. The number of hydrogen-bond donors (Lipinski definition) is 5. The van der Waals surface area contributed by atoms with E-state index in [2.05, 4.69) is 15.6 Å². The van der Waals surface area contributed by atoms with E-state index in [0.717, 1.165) is 6.42 Å². The van der Waals surface area contributed by atoms with Crippen LogP contribution in [0.15, 0.2) is 4.99 Å². The summed E-state index contributed by atoms with van der Waals surface area (Å²) in [5.41, 5.74) is 14.7. The fraction of sp³-hybridized carbons (Fsp3) is 0.737. The molecule has 0 aromatic rings. The third-order valence-electron chi connectivity index (χ3n) is 4.92. The van der Waals surface area contributed by atoms with Gasteiger partial charge in [-0.15, -0.1) is 0 Å². The molecule has 1 saturated carbocycles. The van der Waals surface area contributed by atoms with Crippen LogP contribution in [-0.4, -0.2) is 67.6 Å². The van der Waals surface area contributed by atoms with Gasteiger partial charge in [-0.3, -0.25) is 14.6 Å². The van der Waals surface area contributed by atoms with Crippen molar-refractivity contribution in [1.82, 2.24) is 10.6 Å². The topological polar surface area (TPSA) is 201 Å². The predicted molar refractivity (Wildman–Crippen MR) is 112 cm³/mol. The normalized spacial score (nSPS) is 16.9. The Labute approximate surface area is 181 Å². The van der Waals surface area contributed by atoms with Crippen LogP contribution in [0, 0.1) is 0 Å². The Hall–Kier alpha value is -2.89. The number of aliphatic imine (C=N–C) groups is 1. The lowest BCUT2D eigenvalue weighted by Crippen LogP contribution is -2.52. The third kappa shape index (κ3) is 8.79. The molecule has 0 aromatic carbocycles. The third-order valence-corrected chi connectivity index (χ3v) is 4.92. The van der Waals surface area contributed by atoms with E-state index in [1.165, 1.54) is 14.0 Å². The lowest BCUT2D eigenvalue weighted by Gasteiger charge is -2.35. The molecule has 31 heavy (non-hydrogen) atoms. The first-order valence-corrected chi connectivity index (χ1v) is 10.3. The van der Waals surface area contributed by atoms with Crippen molar-refractivity contribution >= 4 is 29.7 Å². The summed E-state index contributed by atoms with van der Waals surface area (Å²) in [5.74, 6) is -2.57. The highest BCUT2D eigenvalue weighted by Gasteiger charge is 2.45. The molecule has 1 aliphatic carbocycles. The van der Waals surface area contributed by atoms with E-state index in [1.807, 2.05) is 0 Å². The summed E-state index contributed by atoms with van der Waals surface area (Å²) in [6.45, 7) is 1.36. The fourth-order valence-electron chi connectivity index (χ4n) is 3.25. The number of amides is 2. The van der Waals surface area contributed by atoms with Crippen LogP contribution in [0.3, 0.4) is 0 Å². The molecular weight excluding hydrogens is 408 g/mol. The first-order valence-electron chi connectivity index (χ1n) is 10.3. The molecule has 0 aliphatic heterocycles. The highest BCUT2D eigenvalue weighted by atomic mass is 16.6. The molecule has 0 saturated heterocycles. The van der Waals surface area contributed by atoms with Crippen molar-refractivity contribution in [2.75, 3.05) is 20.2 Å². The molecule has 1 aliphatic rings. The zero-order valence-electron chi connectivity index (χ0n) is 18.1. The quantitative estimate of drug-likeness (QED) is 0.108. The average molecular weight is 443 g/mol. The molecule has 2 amide bonds. The second-order valence-corrected chi connectivity index (χ2v) is 7.54. The van der Waals surface area contributed by atoms with Crippen molar-refractivity contribution in [1.29, 1.82) is 0 Å². The standard InChI is InChI=1S/C19H34N6O6/c1-12(20)15(27)24-11-14(26)25-13(7-6-10-23-18(21)22)16(28)31-19(17(29)30-2)8-4-3-5-9-19/h12-13H,3-11,20H2,1-2H3,(H,24,27)(H,25,26)(H4,21,22,23)/t12-,13-/m0/s1. The van der Waals surface area contributed by atoms with Crippen LogP contribution in [0.25, 0.3) is 0 Å². The first kappa shape index (κ1) is 26.1. The Morgan fingerprint density at radius 3 is 2.32 bits per heavy atom. The molecule has 1 rings (SSSR count). The minimum Gasteiger partial charge on any atom is -0.466 e. The molecule has 12 nitrogen and oxygen atoms in total. The smallest absolute Gasteiger partial charge is 0.350 e. The molecule has 0 heterocycles. The average Bonchev–Trinajstić information content (AvgIpc) is 2.73. The van der Waals surface area contributed by atoms with E-state index >= 15 is 0 Å². The monoisotopic (exact) mass is 442 g/mol. The number of ether oxygens (including phenoxy) is 2. The second-order valence-electron chi connectivity index (χ2n) is 7.54. The molecule has 0 aromatic heterocycles. The van der Waals surface area contributed by atoms with E-state index in [9.17, 15) is 19.2 Å². The van der Waals surface area contributed by atoms with Gasteiger partial charge in [-0.2, -0.15) is 0 Å². The van der Waals surface area contributed by atoms with Crippen molar-refractivity contribution in [3.05, 3.63) is 0 Å². The van der Waals surface area contributed by atoms with Gasteiger partial charge in [-0.05, 0) is 45.4 Å². The van der Waals surface area contributed by atoms with Gasteiger partial charge >= 0.3 is 11.9 Å². The highest BCUT2D eigenvalue weighted by Crippen LogP contribution is 2.33. The minimum absolute atomic E-state index is 0.0892. The van der Waals surface area contributed by atoms with Crippen molar-refractivity contribution in [2.24, 2.45) is 22.2 Å². The number of hydrogen-bond acceptors (Lipinski definition) is 8. The summed E-state index contributed by atoms with van der Waals surface area (Å²) in [6.07, 6.45) is 3.60. The van der Waals surface area contributed by atoms with E-state index in [4.69, 9.17) is 26.7 Å². The molecule has 12 heteroatoms. The number of nitrogens with zero attached hydrogens (tertiary/aromatic N) is 1. The Morgan fingerprint density at radius 1 is 1.13 bits per heavy atom. The molecule has 0 bridgehead atoms. The SMILES string of the molecule is COC(=O)C1(OC(=O)[C@H](CCCN=C(N)N)NC(=O)CNC(=O)[C@H](C)N)CCCCC1. The maximum absolute atomic E-state index is 12.9. The summed E-state index contributed by atoms with van der Waals surface area (Å²) in [5, 5.41) is 4.90. The Morgan fingerprint density at radius 2 is 1.77 bits per heavy atom. The zero-order valence-corrected chi connectivity index (χ0v) is 18.1. The number of methoxy groups -OCH3 is 1. The molecule has 1 fully saturated rings. The first-order chi connectivity index (χ1) is 14.6. The van der Waals surface area contributed by atoms with Gasteiger partial charge in [0, 0.05) is 6.54 Å². The van der Waals surface area contributed by atoms with Crippen LogP contribution in [-0.2, 0) is 28.7 Å². The number of nitrogens with two attached hydrogens (primary N) is 3. The summed E-state index contributed by atoms with van der Waals surface area (Å²) in [6, 6.07) is -1.84. The van der Waals surface area contributed by atoms with Crippen molar-refractivity contribution in [3.63, 3.8) is 0 Å². The molecule has 0 unspecified atom stereocenters. The Bertz CT molecular complexity index is 671. The Balaban J connectivity index is 2.85. The summed E-state index contributed by atoms with van der Waals surface area (Å²) in [7, 11) is 1.24. The number of carbonyl (C=O) groups excluding carboxylic acids is 4. The lowest BCUT2D eigenvalue weighted by atomic mass is 9.84. The number of guanidine groups is 1. The molecule has 2 atom stereocenters. The molecule has 0 radical (unpaired) electrons. The van der Waals surface area contributed by atoms with E-state index < -0.39 is 41.4 Å². The molecular formula is C19H34N6O6. The minimum atomic E-state index is -1.36. The van der Waals surface area contributed by atoms with E-state index in [1.54, 1.807) is 0 Å². The van der Waals surface area contributed by atoms with Gasteiger partial charge in [0.2, 0.25) is 17.4 Å². The molecule has 8 N–H and O–H groups in total. The van der Waals surface area contributed by atoms with Crippen LogP contribution in [0.5, 0.6) is 0 Å². The van der Waals surface area contributed by atoms with Crippen LogP contribution in [0.2, 0.25) is 0 Å². The van der Waals surface area contributed by atoms with Crippen molar-refractivity contribution in [2.45, 2.75) is 69.6 Å². The number of carbonyl (C=O) groups is 4. The van der Waals surface area contributed by atoms with Gasteiger partial charge in [0.15, 0.2) is 5.96 Å². The maximum atomic E-state index is 12.9. The predicted octanol–water partition coefficient (Wildman–Crippen LogP) is -1.59. The zero-order chi connectivity index (χ0) is 23.4. The summed E-state index contributed by atoms with van der Waals surface area (Å²) >= 11 is 0. The highest BCUT2D eigenvalue weighted by molar-refractivity contribution is 5.90. The molecule has 0 spiro atoms. The van der Waals surface area contributed by atoms with Crippen LogP contribution in [0.4, 0.5) is 0 Å². The van der Waals surface area contributed by atoms with Gasteiger partial charge in [-0.25, -0.2) is 9.59 Å². The number of esters is 2. The molecule has 176 valence electrons. The second kappa shape index (κ2) is 12.7. The van der Waals surface area contributed by atoms with Gasteiger partial charge < -0.3 is 37.3 Å². The van der Waals surface area contributed by atoms with Crippen LogP contribution in [0.1, 0.15) is 51.9 Å². The van der Waals surface area contributed by atoms with Gasteiger partial charge in [0.05, 0.1) is 19.7 Å². The van der Waals surface area contributed by atoms with Gasteiger partial charge in [0.1, 0.15) is 6.04 Å². The van der Waals surface area contributed by atoms with Crippen molar-refractivity contribution < 1.29 is 28.7 Å². The summed E-state index contributed by atoms with van der Waals surface area (Å²) < 4.78 is 10.5. The van der Waals surface area contributed by atoms with Gasteiger partial charge in [-0.1, -0.05) is 6.42 Å². The fourth-order valence-corrected chi connectivity index (χ4v) is 3.25. The van der Waals surface area contributed by atoms with E-state index in [-0.39, 0.29) is 25.5 Å². The van der Waals surface area contributed by atoms with E-state index in [0.29, 0.717) is 32.1 Å². The maximum Gasteiger partial charge on any atom is 0.350 e. The van der Waals surface area contributed by atoms with Crippen molar-refractivity contribution in [3.8, 4) is 0 Å². The van der Waals surface area contributed by atoms with Crippen LogP contribution < -0.4 is 27.8 Å². The lowest BCUT2D eigenvalue weighted by molar-refractivity contribution is -0.186.